The van der Waals surface area contributed by atoms with Crippen LogP contribution in [0.4, 0.5) is 0 Å². The number of hydrogen-bond acceptors (Lipinski definition) is 3. The van der Waals surface area contributed by atoms with Crippen molar-refractivity contribution in [2.45, 2.75) is 19.3 Å². The Kier molecular flexibility index (Phi) is 2.54. The van der Waals surface area contributed by atoms with Gasteiger partial charge in [0.05, 0.1) is 11.7 Å². The zero-order valence-corrected chi connectivity index (χ0v) is 11.3. The molecule has 1 N–H and O–H groups in total. The van der Waals surface area contributed by atoms with E-state index in [1.165, 1.54) is 0 Å². The van der Waals surface area contributed by atoms with Crippen LogP contribution in [0.2, 0.25) is 0 Å². The van der Waals surface area contributed by atoms with Gasteiger partial charge in [-0.15, -0.1) is 0 Å². The van der Waals surface area contributed by atoms with Crippen molar-refractivity contribution < 1.29 is 9.90 Å². The summed E-state index contributed by atoms with van der Waals surface area (Å²) < 4.78 is 1.62. The van der Waals surface area contributed by atoms with E-state index in [1.807, 2.05) is 24.3 Å². The van der Waals surface area contributed by atoms with Crippen LogP contribution in [0.1, 0.15) is 28.0 Å². The van der Waals surface area contributed by atoms with Crippen LogP contribution in [0.5, 0.6) is 0 Å². The number of hydrogen-bond donors (Lipinski definition) is 1. The molecule has 0 saturated heterocycles. The van der Waals surface area contributed by atoms with E-state index in [2.05, 4.69) is 10.1 Å². The van der Waals surface area contributed by atoms with Crippen LogP contribution in [0.3, 0.4) is 0 Å². The predicted octanol–water partition coefficient (Wildman–Crippen LogP) is 2.61. The largest absolute Gasteiger partial charge is 0.478 e. The summed E-state index contributed by atoms with van der Waals surface area (Å²) in [4.78, 5) is 16.2. The fourth-order valence-electron chi connectivity index (χ4n) is 2.92. The fourth-order valence-corrected chi connectivity index (χ4v) is 2.92. The number of aromatic carboxylic acids is 1. The second kappa shape index (κ2) is 4.41. The molecule has 0 atom stereocenters. The Morgan fingerprint density at radius 3 is 2.95 bits per heavy atom. The average molecular weight is 279 g/mol. The lowest BCUT2D eigenvalue weighted by atomic mass is 10.1. The van der Waals surface area contributed by atoms with E-state index in [9.17, 15) is 9.90 Å². The van der Waals surface area contributed by atoms with Crippen molar-refractivity contribution in [3.8, 4) is 5.82 Å². The van der Waals surface area contributed by atoms with Gasteiger partial charge in [0.25, 0.3) is 0 Å². The number of carboxylic acid groups (broad SMARTS) is 1. The first-order valence-electron chi connectivity index (χ1n) is 6.93. The van der Waals surface area contributed by atoms with Gasteiger partial charge in [0.15, 0.2) is 5.82 Å². The Hall–Kier alpha value is -2.69. The number of aryl methyl sites for hydroxylation is 2. The van der Waals surface area contributed by atoms with E-state index in [-0.39, 0.29) is 5.56 Å². The van der Waals surface area contributed by atoms with Crippen LogP contribution in [0, 0.1) is 0 Å². The number of carbonyl (C=O) groups is 1. The third-order valence-electron chi connectivity index (χ3n) is 3.94. The van der Waals surface area contributed by atoms with Gasteiger partial charge in [-0.25, -0.2) is 14.5 Å². The van der Waals surface area contributed by atoms with Gasteiger partial charge in [0.2, 0.25) is 0 Å². The third-order valence-corrected chi connectivity index (χ3v) is 3.94. The second-order valence-corrected chi connectivity index (χ2v) is 5.24. The van der Waals surface area contributed by atoms with Gasteiger partial charge in [0.1, 0.15) is 5.56 Å². The van der Waals surface area contributed by atoms with Gasteiger partial charge in [-0.1, -0.05) is 18.2 Å². The first-order valence-corrected chi connectivity index (χ1v) is 6.93. The topological polar surface area (TPSA) is 68.0 Å². The van der Waals surface area contributed by atoms with Crippen molar-refractivity contribution in [3.63, 3.8) is 0 Å². The molecule has 0 aliphatic heterocycles. The number of benzene rings is 1. The van der Waals surface area contributed by atoms with Gasteiger partial charge in [0, 0.05) is 11.1 Å². The molecule has 1 aliphatic carbocycles. The third kappa shape index (κ3) is 1.81. The molecule has 104 valence electrons. The summed E-state index contributed by atoms with van der Waals surface area (Å²) in [6.07, 6.45) is 4.57. The maximum absolute atomic E-state index is 11.6. The molecule has 1 aromatic carbocycles. The maximum atomic E-state index is 11.6. The summed E-state index contributed by atoms with van der Waals surface area (Å²) in [7, 11) is 0. The highest BCUT2D eigenvalue weighted by Gasteiger charge is 2.22. The molecule has 0 fully saturated rings. The highest BCUT2D eigenvalue weighted by molar-refractivity contribution is 5.92. The number of fused-ring (bicyclic) bond motifs is 2. The molecular weight excluding hydrogens is 266 g/mol. The smallest absolute Gasteiger partial charge is 0.339 e. The van der Waals surface area contributed by atoms with E-state index in [0.717, 1.165) is 41.4 Å². The second-order valence-electron chi connectivity index (χ2n) is 5.24. The van der Waals surface area contributed by atoms with Crippen molar-refractivity contribution in [3.05, 3.63) is 53.3 Å². The maximum Gasteiger partial charge on any atom is 0.339 e. The molecule has 5 nitrogen and oxygen atoms in total. The first kappa shape index (κ1) is 12.1. The molecule has 0 spiro atoms. The van der Waals surface area contributed by atoms with Crippen LogP contribution >= 0.6 is 0 Å². The van der Waals surface area contributed by atoms with Crippen molar-refractivity contribution in [2.24, 2.45) is 0 Å². The molecule has 0 bridgehead atoms. The molecule has 2 heterocycles. The van der Waals surface area contributed by atoms with Crippen LogP contribution in [-0.4, -0.2) is 25.8 Å². The minimum Gasteiger partial charge on any atom is -0.478 e. The minimum atomic E-state index is -0.966. The van der Waals surface area contributed by atoms with E-state index >= 15 is 0 Å². The monoisotopic (exact) mass is 279 g/mol. The van der Waals surface area contributed by atoms with E-state index in [0.29, 0.717) is 5.82 Å². The Balaban J connectivity index is 2.01. The lowest BCUT2D eigenvalue weighted by molar-refractivity contribution is 0.0696. The zero-order chi connectivity index (χ0) is 14.4. The van der Waals surface area contributed by atoms with E-state index in [1.54, 1.807) is 16.9 Å². The van der Waals surface area contributed by atoms with Crippen molar-refractivity contribution >= 4 is 16.9 Å². The predicted molar refractivity (Wildman–Crippen MR) is 77.8 cm³/mol. The molecule has 0 radical (unpaired) electrons. The summed E-state index contributed by atoms with van der Waals surface area (Å²) in [5.41, 5.74) is 3.12. The first-order chi connectivity index (χ1) is 10.2. The SMILES string of the molecule is O=C(O)c1cc2c(nc1-n1ncc3ccccc31)CCC2. The summed E-state index contributed by atoms with van der Waals surface area (Å²) in [5, 5.41) is 14.8. The van der Waals surface area contributed by atoms with Crippen LogP contribution < -0.4 is 0 Å². The number of carboxylic acids is 1. The highest BCUT2D eigenvalue weighted by atomic mass is 16.4. The van der Waals surface area contributed by atoms with Crippen LogP contribution in [0.15, 0.2) is 36.5 Å². The lowest BCUT2D eigenvalue weighted by Crippen LogP contribution is -2.11. The number of aromatic nitrogens is 3. The number of rotatable bonds is 2. The number of nitrogens with zero attached hydrogens (tertiary/aromatic N) is 3. The summed E-state index contributed by atoms with van der Waals surface area (Å²) in [5.74, 6) is -0.559. The quantitative estimate of drug-likeness (QED) is 0.783. The minimum absolute atomic E-state index is 0.213. The summed E-state index contributed by atoms with van der Waals surface area (Å²) in [6.45, 7) is 0. The molecule has 0 amide bonds. The average Bonchev–Trinajstić information content (AvgIpc) is 3.11. The summed E-state index contributed by atoms with van der Waals surface area (Å²) >= 11 is 0. The van der Waals surface area contributed by atoms with Gasteiger partial charge < -0.3 is 5.11 Å². The molecule has 5 heteroatoms. The Bertz CT molecular complexity index is 867. The molecule has 0 unspecified atom stereocenters. The van der Waals surface area contributed by atoms with Gasteiger partial charge in [-0.2, -0.15) is 5.10 Å². The van der Waals surface area contributed by atoms with E-state index < -0.39 is 5.97 Å². The van der Waals surface area contributed by atoms with Crippen LogP contribution in [-0.2, 0) is 12.8 Å². The molecule has 3 aromatic rings. The number of pyridine rings is 1. The van der Waals surface area contributed by atoms with Crippen molar-refractivity contribution in [1.82, 2.24) is 14.8 Å². The molecule has 1 aliphatic rings. The molecule has 0 saturated carbocycles. The van der Waals surface area contributed by atoms with Gasteiger partial charge in [-0.05, 0) is 37.0 Å². The Morgan fingerprint density at radius 2 is 2.10 bits per heavy atom. The van der Waals surface area contributed by atoms with Crippen molar-refractivity contribution in [2.75, 3.05) is 0 Å². The molecule has 21 heavy (non-hydrogen) atoms. The van der Waals surface area contributed by atoms with Crippen LogP contribution in [0.25, 0.3) is 16.7 Å². The van der Waals surface area contributed by atoms with Gasteiger partial charge in [-0.3, -0.25) is 0 Å². The highest BCUT2D eigenvalue weighted by Crippen LogP contribution is 2.26. The zero-order valence-electron chi connectivity index (χ0n) is 11.3. The standard InChI is InChI=1S/C16H13N3O2/c20-16(21)12-8-10-5-3-6-13(10)18-15(12)19-14-7-2-1-4-11(14)9-17-19/h1-2,4,7-9H,3,5-6H2,(H,20,21). The van der Waals surface area contributed by atoms with E-state index in [4.69, 9.17) is 0 Å². The Labute approximate surface area is 120 Å². The van der Waals surface area contributed by atoms with Gasteiger partial charge >= 0.3 is 5.97 Å². The Morgan fingerprint density at radius 1 is 1.24 bits per heavy atom. The molecule has 2 aromatic heterocycles. The fraction of sp³-hybridized carbons (Fsp3) is 0.188. The normalized spacial score (nSPS) is 13.5. The summed E-state index contributed by atoms with van der Waals surface area (Å²) in [6, 6.07) is 9.47. The molecule has 4 rings (SSSR count). The van der Waals surface area contributed by atoms with Crippen molar-refractivity contribution in [1.29, 1.82) is 0 Å². The lowest BCUT2D eigenvalue weighted by Gasteiger charge is -2.09. The molecular formula is C16H13N3O2. The number of para-hydroxylation sites is 1.